The van der Waals surface area contributed by atoms with Gasteiger partial charge in [0.05, 0.1) is 6.54 Å². The number of aryl methyl sites for hydroxylation is 1. The van der Waals surface area contributed by atoms with Crippen LogP contribution in [0.15, 0.2) is 18.2 Å². The smallest absolute Gasteiger partial charge is 0.410 e. The SMILES string of the molecule is Cc1ccc(N(O)O)c(OC2CCCN(C(=O)OC(C)(C)C)C2)c1. The van der Waals surface area contributed by atoms with Crippen LogP contribution in [0.3, 0.4) is 0 Å². The molecule has 0 aliphatic carbocycles. The van der Waals surface area contributed by atoms with E-state index in [-0.39, 0.29) is 23.1 Å². The van der Waals surface area contributed by atoms with Crippen molar-refractivity contribution in [1.29, 1.82) is 0 Å². The highest BCUT2D eigenvalue weighted by molar-refractivity contribution is 5.68. The van der Waals surface area contributed by atoms with Crippen molar-refractivity contribution in [3.05, 3.63) is 23.8 Å². The second kappa shape index (κ2) is 7.27. The number of ether oxygens (including phenoxy) is 2. The fraction of sp³-hybridized carbons (Fsp3) is 0.588. The lowest BCUT2D eigenvalue weighted by molar-refractivity contribution is 0.00561. The molecular weight excluding hydrogens is 312 g/mol. The summed E-state index contributed by atoms with van der Waals surface area (Å²) in [6.45, 7) is 8.42. The molecule has 0 bridgehead atoms. The van der Waals surface area contributed by atoms with Crippen molar-refractivity contribution >= 4 is 11.8 Å². The molecule has 2 rings (SSSR count). The number of carbonyl (C=O) groups is 1. The van der Waals surface area contributed by atoms with Crippen LogP contribution in [-0.4, -0.2) is 46.2 Å². The zero-order valence-corrected chi connectivity index (χ0v) is 14.7. The first-order chi connectivity index (χ1) is 11.2. The van der Waals surface area contributed by atoms with Gasteiger partial charge in [0.2, 0.25) is 0 Å². The van der Waals surface area contributed by atoms with E-state index in [1.54, 1.807) is 23.1 Å². The number of hydrogen-bond acceptors (Lipinski definition) is 6. The van der Waals surface area contributed by atoms with Crippen LogP contribution in [0.2, 0.25) is 0 Å². The summed E-state index contributed by atoms with van der Waals surface area (Å²) in [4.78, 5) is 13.8. The molecule has 0 aromatic heterocycles. The summed E-state index contributed by atoms with van der Waals surface area (Å²) in [5.41, 5.74) is 0.563. The van der Waals surface area contributed by atoms with Crippen molar-refractivity contribution in [3.63, 3.8) is 0 Å². The molecule has 7 heteroatoms. The van der Waals surface area contributed by atoms with Crippen LogP contribution >= 0.6 is 0 Å². The molecule has 0 spiro atoms. The normalized spacial score (nSPS) is 18.2. The maximum atomic E-state index is 12.2. The Morgan fingerprint density at radius 3 is 2.67 bits per heavy atom. The van der Waals surface area contributed by atoms with Gasteiger partial charge < -0.3 is 14.4 Å². The van der Waals surface area contributed by atoms with Gasteiger partial charge in [-0.25, -0.2) is 4.79 Å². The van der Waals surface area contributed by atoms with Crippen molar-refractivity contribution in [2.24, 2.45) is 0 Å². The molecule has 1 aliphatic rings. The predicted molar refractivity (Wildman–Crippen MR) is 88.7 cm³/mol. The van der Waals surface area contributed by atoms with Gasteiger partial charge in [-0.1, -0.05) is 6.07 Å². The van der Waals surface area contributed by atoms with Gasteiger partial charge in [0.1, 0.15) is 23.1 Å². The summed E-state index contributed by atoms with van der Waals surface area (Å²) < 4.78 is 11.3. The largest absolute Gasteiger partial charge is 0.486 e. The number of hydrogen-bond donors (Lipinski definition) is 2. The Morgan fingerprint density at radius 1 is 1.33 bits per heavy atom. The molecule has 1 aromatic rings. The average molecular weight is 338 g/mol. The number of nitrogens with zero attached hydrogens (tertiary/aromatic N) is 2. The molecule has 1 atom stereocenters. The quantitative estimate of drug-likeness (QED) is 0.823. The van der Waals surface area contributed by atoms with Crippen molar-refractivity contribution in [2.45, 2.75) is 52.2 Å². The van der Waals surface area contributed by atoms with E-state index in [4.69, 9.17) is 9.47 Å². The van der Waals surface area contributed by atoms with Gasteiger partial charge in [0.25, 0.3) is 0 Å². The van der Waals surface area contributed by atoms with Gasteiger partial charge in [0, 0.05) is 6.54 Å². The Labute approximate surface area is 142 Å². The topological polar surface area (TPSA) is 82.5 Å². The van der Waals surface area contributed by atoms with E-state index in [0.717, 1.165) is 18.4 Å². The van der Waals surface area contributed by atoms with Crippen LogP contribution in [0, 0.1) is 6.92 Å². The van der Waals surface area contributed by atoms with Crippen LogP contribution in [0.25, 0.3) is 0 Å². The third-order valence-electron chi connectivity index (χ3n) is 3.65. The third kappa shape index (κ3) is 5.01. The summed E-state index contributed by atoms with van der Waals surface area (Å²) in [7, 11) is 0. The molecule has 0 saturated carbocycles. The lowest BCUT2D eigenvalue weighted by Crippen LogP contribution is -2.46. The molecule has 0 radical (unpaired) electrons. The molecule has 1 fully saturated rings. The first-order valence-corrected chi connectivity index (χ1v) is 8.09. The standard InChI is InChI=1S/C17H26N2O5/c1-12-7-8-14(19(21)22)15(10-12)23-13-6-5-9-18(11-13)16(20)24-17(2,3)4/h7-8,10,13,21-22H,5-6,9,11H2,1-4H3. The van der Waals surface area contributed by atoms with Crippen LogP contribution in [0.1, 0.15) is 39.2 Å². The zero-order valence-electron chi connectivity index (χ0n) is 14.7. The Kier molecular flexibility index (Phi) is 5.56. The highest BCUT2D eigenvalue weighted by Gasteiger charge is 2.29. The van der Waals surface area contributed by atoms with Crippen molar-refractivity contribution in [2.75, 3.05) is 18.3 Å². The van der Waals surface area contributed by atoms with Gasteiger partial charge in [0.15, 0.2) is 0 Å². The second-order valence-electron chi connectivity index (χ2n) is 7.07. The van der Waals surface area contributed by atoms with Crippen molar-refractivity contribution < 1.29 is 24.7 Å². The van der Waals surface area contributed by atoms with E-state index >= 15 is 0 Å². The highest BCUT2D eigenvalue weighted by Crippen LogP contribution is 2.30. The molecule has 134 valence electrons. The maximum Gasteiger partial charge on any atom is 0.410 e. The fourth-order valence-corrected chi connectivity index (χ4v) is 2.59. The molecule has 1 aromatic carbocycles. The van der Waals surface area contributed by atoms with Gasteiger partial charge >= 0.3 is 6.09 Å². The van der Waals surface area contributed by atoms with Gasteiger partial charge in [-0.05, 0) is 58.2 Å². The molecule has 24 heavy (non-hydrogen) atoms. The van der Waals surface area contributed by atoms with E-state index in [9.17, 15) is 15.2 Å². The van der Waals surface area contributed by atoms with E-state index in [2.05, 4.69) is 0 Å². The molecule has 2 N–H and O–H groups in total. The lowest BCUT2D eigenvalue weighted by Gasteiger charge is -2.34. The van der Waals surface area contributed by atoms with Gasteiger partial charge in [-0.3, -0.25) is 10.4 Å². The summed E-state index contributed by atoms with van der Waals surface area (Å²) in [6, 6.07) is 5.07. The van der Waals surface area contributed by atoms with Gasteiger partial charge in [-0.2, -0.15) is 0 Å². The third-order valence-corrected chi connectivity index (χ3v) is 3.65. The molecule has 1 saturated heterocycles. The number of likely N-dealkylation sites (tertiary alicyclic amines) is 1. The Hall–Kier alpha value is -1.99. The van der Waals surface area contributed by atoms with Gasteiger partial charge in [-0.15, -0.1) is 5.23 Å². The zero-order chi connectivity index (χ0) is 17.9. The lowest BCUT2D eigenvalue weighted by atomic mass is 10.1. The monoisotopic (exact) mass is 338 g/mol. The first kappa shape index (κ1) is 18.4. The van der Waals surface area contributed by atoms with E-state index < -0.39 is 5.60 Å². The number of piperidine rings is 1. The summed E-state index contributed by atoms with van der Waals surface area (Å²) in [6.07, 6.45) is 0.995. The molecule has 1 heterocycles. The first-order valence-electron chi connectivity index (χ1n) is 8.09. The second-order valence-corrected chi connectivity index (χ2v) is 7.07. The van der Waals surface area contributed by atoms with Crippen LogP contribution < -0.4 is 9.96 Å². The Morgan fingerprint density at radius 2 is 2.04 bits per heavy atom. The summed E-state index contributed by atoms with van der Waals surface area (Å²) in [5.74, 6) is 0.371. The Bertz CT molecular complexity index is 583. The van der Waals surface area contributed by atoms with Crippen molar-refractivity contribution in [1.82, 2.24) is 4.90 Å². The minimum atomic E-state index is -0.539. The fourth-order valence-electron chi connectivity index (χ4n) is 2.59. The van der Waals surface area contributed by atoms with Crippen LogP contribution in [-0.2, 0) is 4.74 Å². The van der Waals surface area contributed by atoms with Crippen LogP contribution in [0.4, 0.5) is 10.5 Å². The highest BCUT2D eigenvalue weighted by atomic mass is 16.8. The molecule has 1 aliphatic heterocycles. The molecule has 1 amide bonds. The van der Waals surface area contributed by atoms with Crippen molar-refractivity contribution in [3.8, 4) is 5.75 Å². The number of carbonyl (C=O) groups excluding carboxylic acids is 1. The Balaban J connectivity index is 2.06. The van der Waals surface area contributed by atoms with E-state index in [0.29, 0.717) is 18.8 Å². The molecule has 1 unspecified atom stereocenters. The summed E-state index contributed by atoms with van der Waals surface area (Å²) in [5, 5.41) is 18.7. The number of rotatable bonds is 3. The molecular formula is C17H26N2O5. The minimum absolute atomic E-state index is 0.0449. The number of anilines is 1. The number of benzene rings is 1. The van der Waals surface area contributed by atoms with E-state index in [1.165, 1.54) is 0 Å². The number of amides is 1. The minimum Gasteiger partial charge on any atom is -0.486 e. The van der Waals surface area contributed by atoms with Crippen LogP contribution in [0.5, 0.6) is 5.75 Å². The average Bonchev–Trinajstić information content (AvgIpc) is 2.45. The summed E-state index contributed by atoms with van der Waals surface area (Å²) >= 11 is 0. The molecule has 7 nitrogen and oxygen atoms in total. The predicted octanol–water partition coefficient (Wildman–Crippen LogP) is 3.36. The maximum absolute atomic E-state index is 12.2. The van der Waals surface area contributed by atoms with E-state index in [1.807, 2.05) is 27.7 Å².